The summed E-state index contributed by atoms with van der Waals surface area (Å²) in [6.45, 7) is 7.42. The average molecular weight is 446 g/mol. The summed E-state index contributed by atoms with van der Waals surface area (Å²) in [7, 11) is 1.60. The molecule has 0 aliphatic heterocycles. The number of hydrogen-bond donors (Lipinski definition) is 0. The molecule has 0 radical (unpaired) electrons. The lowest BCUT2D eigenvalue weighted by Gasteiger charge is -2.24. The molecule has 176 valence electrons. The molecule has 0 fully saturated rings. The van der Waals surface area contributed by atoms with Crippen molar-refractivity contribution in [1.29, 1.82) is 0 Å². The second-order valence-corrected chi connectivity index (χ2v) is 7.31. The maximum absolute atomic E-state index is 12.4. The van der Waals surface area contributed by atoms with Crippen LogP contribution in [0, 0.1) is 0 Å². The first kappa shape index (κ1) is 25.6. The Bertz CT molecular complexity index is 806. The molecule has 0 unspecified atom stereocenters. The molecule has 2 rings (SSSR count). The van der Waals surface area contributed by atoms with Gasteiger partial charge in [-0.3, -0.25) is 14.6 Å². The van der Waals surface area contributed by atoms with Crippen molar-refractivity contribution >= 4 is 17.8 Å². The van der Waals surface area contributed by atoms with Crippen molar-refractivity contribution in [1.82, 2.24) is 15.0 Å². The normalized spacial score (nSPS) is 10.9. The van der Waals surface area contributed by atoms with Crippen molar-refractivity contribution in [2.24, 2.45) is 0 Å². The van der Waals surface area contributed by atoms with E-state index in [1.165, 1.54) is 11.8 Å². The molecular formula is C23H35N5O4. The number of ether oxygens (including phenoxy) is 3. The second kappa shape index (κ2) is 14.4. The number of unbranched alkanes of at least 4 members (excludes halogenated alkanes) is 2. The van der Waals surface area contributed by atoms with Gasteiger partial charge in [0.2, 0.25) is 17.8 Å². The molecule has 0 aliphatic rings. The zero-order valence-corrected chi connectivity index (χ0v) is 19.6. The molecule has 0 saturated heterocycles. The highest BCUT2D eigenvalue weighted by Crippen LogP contribution is 2.22. The molecule has 9 heteroatoms. The van der Waals surface area contributed by atoms with Crippen LogP contribution in [-0.4, -0.2) is 61.4 Å². The zero-order chi connectivity index (χ0) is 23.2. The first-order chi connectivity index (χ1) is 15.6. The molecule has 1 amide bonds. The Hall–Kier alpha value is -2.62. The van der Waals surface area contributed by atoms with Crippen LogP contribution in [0.25, 0.3) is 11.4 Å². The van der Waals surface area contributed by atoms with Gasteiger partial charge in [-0.25, -0.2) is 0 Å². The third kappa shape index (κ3) is 8.14. The quantitative estimate of drug-likeness (QED) is 0.302. The highest BCUT2D eigenvalue weighted by Gasteiger charge is 2.21. The maximum atomic E-state index is 12.4. The van der Waals surface area contributed by atoms with E-state index < -0.39 is 0 Å². The highest BCUT2D eigenvalue weighted by atomic mass is 16.5. The minimum atomic E-state index is -0.213. The summed E-state index contributed by atoms with van der Waals surface area (Å²) in [6, 6.07) is 9.58. The van der Waals surface area contributed by atoms with Crippen molar-refractivity contribution in [3.8, 4) is 11.4 Å². The van der Waals surface area contributed by atoms with Crippen LogP contribution < -0.4 is 9.80 Å². The van der Waals surface area contributed by atoms with Gasteiger partial charge in [-0.15, -0.1) is 0 Å². The summed E-state index contributed by atoms with van der Waals surface area (Å²) < 4.78 is 16.8. The van der Waals surface area contributed by atoms with Crippen LogP contribution in [0.1, 0.15) is 46.5 Å². The molecule has 0 atom stereocenters. The number of rotatable bonds is 15. The van der Waals surface area contributed by atoms with Crippen molar-refractivity contribution in [3.05, 3.63) is 30.3 Å². The lowest BCUT2D eigenvalue weighted by Crippen LogP contribution is -2.35. The third-order valence-electron chi connectivity index (χ3n) is 4.59. The molecule has 0 bridgehead atoms. The Morgan fingerprint density at radius 2 is 1.50 bits per heavy atom. The number of carbonyl (C=O) groups excluding carboxylic acids is 1. The molecule has 1 heterocycles. The van der Waals surface area contributed by atoms with Crippen molar-refractivity contribution in [3.63, 3.8) is 0 Å². The van der Waals surface area contributed by atoms with Crippen LogP contribution in [0.3, 0.4) is 0 Å². The summed E-state index contributed by atoms with van der Waals surface area (Å²) in [6.07, 6.45) is 3.94. The van der Waals surface area contributed by atoms with E-state index in [-0.39, 0.29) is 32.0 Å². The van der Waals surface area contributed by atoms with Crippen LogP contribution in [-0.2, 0) is 19.0 Å². The van der Waals surface area contributed by atoms with E-state index >= 15 is 0 Å². The summed E-state index contributed by atoms with van der Waals surface area (Å²) in [5, 5.41) is 0. The van der Waals surface area contributed by atoms with Gasteiger partial charge in [0.05, 0.1) is 0 Å². The maximum Gasteiger partial charge on any atom is 0.239 e. The predicted octanol–water partition coefficient (Wildman–Crippen LogP) is 3.85. The molecule has 0 spiro atoms. The standard InChI is InChI=1S/C23H35N5O4/c1-5-7-14-31-17-27(16-30-4)22-24-21(20-12-10-9-11-13-20)25-23(26-22)28(19(3)29)18-32-15-8-6-2/h9-13H,5-8,14-18H2,1-4H3. The van der Waals surface area contributed by atoms with E-state index in [0.717, 1.165) is 31.2 Å². The number of nitrogens with zero attached hydrogens (tertiary/aromatic N) is 5. The van der Waals surface area contributed by atoms with Crippen LogP contribution in [0.2, 0.25) is 0 Å². The van der Waals surface area contributed by atoms with E-state index in [1.54, 1.807) is 12.0 Å². The van der Waals surface area contributed by atoms with Crippen LogP contribution in [0.4, 0.5) is 11.9 Å². The topological polar surface area (TPSA) is 89.9 Å². The number of benzene rings is 1. The fourth-order valence-electron chi connectivity index (χ4n) is 2.75. The van der Waals surface area contributed by atoms with Gasteiger partial charge < -0.3 is 14.2 Å². The molecule has 9 nitrogen and oxygen atoms in total. The van der Waals surface area contributed by atoms with Crippen molar-refractivity contribution in [2.45, 2.75) is 46.5 Å². The van der Waals surface area contributed by atoms with Gasteiger partial charge >= 0.3 is 0 Å². The Labute approximate surface area is 190 Å². The fraction of sp³-hybridized carbons (Fsp3) is 0.565. The van der Waals surface area contributed by atoms with E-state index in [4.69, 9.17) is 14.2 Å². The number of hydrogen-bond acceptors (Lipinski definition) is 8. The summed E-state index contributed by atoms with van der Waals surface area (Å²) in [4.78, 5) is 29.3. The number of anilines is 2. The van der Waals surface area contributed by atoms with E-state index in [9.17, 15) is 4.79 Å². The minimum absolute atomic E-state index is 0.0737. The van der Waals surface area contributed by atoms with Gasteiger partial charge in [0, 0.05) is 32.8 Å². The summed E-state index contributed by atoms with van der Waals surface area (Å²) in [5.41, 5.74) is 0.817. The number of carbonyl (C=O) groups is 1. The number of amides is 1. The highest BCUT2D eigenvalue weighted by molar-refractivity contribution is 5.89. The smallest absolute Gasteiger partial charge is 0.239 e. The minimum Gasteiger partial charge on any atom is -0.364 e. The molecule has 1 aromatic carbocycles. The Balaban J connectivity index is 2.39. The lowest BCUT2D eigenvalue weighted by atomic mass is 10.2. The molecule has 2 aromatic rings. The third-order valence-corrected chi connectivity index (χ3v) is 4.59. The molecular weight excluding hydrogens is 410 g/mol. The van der Waals surface area contributed by atoms with E-state index in [1.807, 2.05) is 30.3 Å². The van der Waals surface area contributed by atoms with Crippen LogP contribution in [0.5, 0.6) is 0 Å². The summed E-state index contributed by atoms with van der Waals surface area (Å²) in [5.74, 6) is 0.842. The first-order valence-corrected chi connectivity index (χ1v) is 11.1. The molecule has 0 aliphatic carbocycles. The molecule has 1 aromatic heterocycles. The van der Waals surface area contributed by atoms with Gasteiger partial charge in [-0.2, -0.15) is 15.0 Å². The Kier molecular flexibility index (Phi) is 11.6. The van der Waals surface area contributed by atoms with Gasteiger partial charge in [0.25, 0.3) is 0 Å². The van der Waals surface area contributed by atoms with Crippen molar-refractivity contribution in [2.75, 3.05) is 50.3 Å². The van der Waals surface area contributed by atoms with E-state index in [0.29, 0.717) is 25.0 Å². The van der Waals surface area contributed by atoms with Gasteiger partial charge in [0.1, 0.15) is 20.2 Å². The van der Waals surface area contributed by atoms with Crippen molar-refractivity contribution < 1.29 is 19.0 Å². The lowest BCUT2D eigenvalue weighted by molar-refractivity contribution is -0.117. The largest absolute Gasteiger partial charge is 0.364 e. The number of methoxy groups -OCH3 is 1. The monoisotopic (exact) mass is 445 g/mol. The number of aromatic nitrogens is 3. The predicted molar refractivity (Wildman–Crippen MR) is 124 cm³/mol. The van der Waals surface area contributed by atoms with Gasteiger partial charge in [0.15, 0.2) is 5.82 Å². The molecule has 0 N–H and O–H groups in total. The second-order valence-electron chi connectivity index (χ2n) is 7.31. The zero-order valence-electron chi connectivity index (χ0n) is 19.6. The van der Waals surface area contributed by atoms with Crippen LogP contribution >= 0.6 is 0 Å². The van der Waals surface area contributed by atoms with E-state index in [2.05, 4.69) is 28.8 Å². The fourth-order valence-corrected chi connectivity index (χ4v) is 2.75. The van der Waals surface area contributed by atoms with Crippen LogP contribution in [0.15, 0.2) is 30.3 Å². The molecule has 0 saturated carbocycles. The Morgan fingerprint density at radius 1 is 0.875 bits per heavy atom. The average Bonchev–Trinajstić information content (AvgIpc) is 2.81. The SMILES string of the molecule is CCCCOCN(COC)c1nc(-c2ccccc2)nc(N(COCCCC)C(C)=O)n1. The van der Waals surface area contributed by atoms with Gasteiger partial charge in [-0.1, -0.05) is 57.0 Å². The summed E-state index contributed by atoms with van der Waals surface area (Å²) >= 11 is 0. The Morgan fingerprint density at radius 3 is 2.09 bits per heavy atom. The van der Waals surface area contributed by atoms with Gasteiger partial charge in [-0.05, 0) is 12.8 Å². The molecule has 32 heavy (non-hydrogen) atoms. The first-order valence-electron chi connectivity index (χ1n) is 11.1.